The highest BCUT2D eigenvalue weighted by Crippen LogP contribution is 2.22. The van der Waals surface area contributed by atoms with Gasteiger partial charge in [-0.2, -0.15) is 0 Å². The number of benzene rings is 1. The van der Waals surface area contributed by atoms with Gasteiger partial charge in [0.05, 0.1) is 13.2 Å². The van der Waals surface area contributed by atoms with Crippen LogP contribution < -0.4 is 10.1 Å². The summed E-state index contributed by atoms with van der Waals surface area (Å²) >= 11 is 0. The van der Waals surface area contributed by atoms with Crippen molar-refractivity contribution < 1.29 is 9.13 Å². The van der Waals surface area contributed by atoms with Crippen LogP contribution in [0.1, 0.15) is 11.6 Å². The normalized spacial score (nSPS) is 12.2. The molecule has 0 radical (unpaired) electrons. The van der Waals surface area contributed by atoms with Gasteiger partial charge in [-0.05, 0) is 13.1 Å². The molecule has 3 heteroatoms. The Morgan fingerprint density at radius 1 is 1.57 bits per heavy atom. The van der Waals surface area contributed by atoms with Crippen LogP contribution in [0.15, 0.2) is 30.9 Å². The fraction of sp³-hybridized carbons (Fsp3) is 0.273. The lowest BCUT2D eigenvalue weighted by molar-refractivity contribution is 0.410. The van der Waals surface area contributed by atoms with Crippen molar-refractivity contribution in [1.29, 1.82) is 0 Å². The predicted octanol–water partition coefficient (Wildman–Crippen LogP) is 2.28. The van der Waals surface area contributed by atoms with E-state index in [4.69, 9.17) is 4.74 Å². The maximum absolute atomic E-state index is 13.5. The van der Waals surface area contributed by atoms with Crippen molar-refractivity contribution in [2.24, 2.45) is 0 Å². The molecule has 76 valence electrons. The zero-order chi connectivity index (χ0) is 10.6. The highest BCUT2D eigenvalue weighted by molar-refractivity contribution is 5.32. The van der Waals surface area contributed by atoms with Crippen LogP contribution in [0.3, 0.4) is 0 Å². The predicted molar refractivity (Wildman–Crippen MR) is 54.9 cm³/mol. The van der Waals surface area contributed by atoms with E-state index in [9.17, 15) is 4.39 Å². The molecule has 14 heavy (non-hydrogen) atoms. The quantitative estimate of drug-likeness (QED) is 0.744. The maximum atomic E-state index is 13.5. The molecule has 0 saturated carbocycles. The van der Waals surface area contributed by atoms with Crippen LogP contribution in [0, 0.1) is 5.82 Å². The molecule has 1 N–H and O–H groups in total. The number of methoxy groups -OCH3 is 1. The van der Waals surface area contributed by atoms with Crippen molar-refractivity contribution in [2.75, 3.05) is 14.2 Å². The van der Waals surface area contributed by atoms with Gasteiger partial charge in [-0.15, -0.1) is 6.58 Å². The van der Waals surface area contributed by atoms with Gasteiger partial charge < -0.3 is 10.1 Å². The van der Waals surface area contributed by atoms with Crippen LogP contribution in [-0.4, -0.2) is 14.2 Å². The van der Waals surface area contributed by atoms with E-state index in [2.05, 4.69) is 11.9 Å². The van der Waals surface area contributed by atoms with Gasteiger partial charge in [-0.1, -0.05) is 12.1 Å². The molecule has 1 atom stereocenters. The Hall–Kier alpha value is -1.35. The first-order chi connectivity index (χ1) is 6.72. The van der Waals surface area contributed by atoms with E-state index in [1.54, 1.807) is 25.3 Å². The van der Waals surface area contributed by atoms with Crippen molar-refractivity contribution in [1.82, 2.24) is 5.32 Å². The van der Waals surface area contributed by atoms with Crippen LogP contribution in [0.5, 0.6) is 5.75 Å². The van der Waals surface area contributed by atoms with E-state index in [0.29, 0.717) is 11.3 Å². The van der Waals surface area contributed by atoms with Crippen molar-refractivity contribution in [3.05, 3.63) is 42.2 Å². The van der Waals surface area contributed by atoms with Gasteiger partial charge in [0.15, 0.2) is 0 Å². The monoisotopic (exact) mass is 195 g/mol. The Bertz CT molecular complexity index is 325. The molecule has 1 rings (SSSR count). The Morgan fingerprint density at radius 2 is 2.29 bits per heavy atom. The van der Waals surface area contributed by atoms with Crippen LogP contribution in [-0.2, 0) is 0 Å². The minimum Gasteiger partial charge on any atom is -0.497 e. The molecule has 0 spiro atoms. The van der Waals surface area contributed by atoms with Crippen LogP contribution in [0.4, 0.5) is 4.39 Å². The summed E-state index contributed by atoms with van der Waals surface area (Å²) in [6.45, 7) is 3.63. The molecular formula is C11H14FNO. The molecule has 0 heterocycles. The summed E-state index contributed by atoms with van der Waals surface area (Å²) < 4.78 is 18.4. The maximum Gasteiger partial charge on any atom is 0.131 e. The first kappa shape index (κ1) is 10.7. The summed E-state index contributed by atoms with van der Waals surface area (Å²) in [5.74, 6) is 0.230. The first-order valence-corrected chi connectivity index (χ1v) is 4.36. The van der Waals surface area contributed by atoms with Gasteiger partial charge >= 0.3 is 0 Å². The number of nitrogens with one attached hydrogen (secondary N) is 1. The smallest absolute Gasteiger partial charge is 0.131 e. The lowest BCUT2D eigenvalue weighted by atomic mass is 10.1. The second-order valence-corrected chi connectivity index (χ2v) is 2.89. The first-order valence-electron chi connectivity index (χ1n) is 4.36. The van der Waals surface area contributed by atoms with Gasteiger partial charge in [0, 0.05) is 11.6 Å². The van der Waals surface area contributed by atoms with Crippen molar-refractivity contribution in [3.63, 3.8) is 0 Å². The molecule has 0 aliphatic carbocycles. The molecule has 0 saturated heterocycles. The molecule has 1 aromatic rings. The Kier molecular flexibility index (Phi) is 3.65. The molecular weight excluding hydrogens is 181 g/mol. The van der Waals surface area contributed by atoms with Crippen molar-refractivity contribution in [2.45, 2.75) is 6.04 Å². The zero-order valence-corrected chi connectivity index (χ0v) is 8.38. The highest BCUT2D eigenvalue weighted by Gasteiger charge is 2.10. The van der Waals surface area contributed by atoms with E-state index in [1.807, 2.05) is 0 Å². The summed E-state index contributed by atoms with van der Waals surface area (Å²) in [4.78, 5) is 0. The fourth-order valence-electron chi connectivity index (χ4n) is 1.29. The summed E-state index contributed by atoms with van der Waals surface area (Å²) in [6.07, 6.45) is 1.66. The van der Waals surface area contributed by atoms with Crippen molar-refractivity contribution in [3.8, 4) is 5.75 Å². The number of halogens is 1. The van der Waals surface area contributed by atoms with E-state index in [1.165, 1.54) is 13.2 Å². The Morgan fingerprint density at radius 3 is 2.71 bits per heavy atom. The van der Waals surface area contributed by atoms with Crippen LogP contribution in [0.2, 0.25) is 0 Å². The average Bonchev–Trinajstić information content (AvgIpc) is 2.22. The third-order valence-electron chi connectivity index (χ3n) is 2.09. The molecule has 1 unspecified atom stereocenters. The van der Waals surface area contributed by atoms with E-state index < -0.39 is 0 Å². The largest absolute Gasteiger partial charge is 0.497 e. The number of hydrogen-bond donors (Lipinski definition) is 1. The zero-order valence-electron chi connectivity index (χ0n) is 8.38. The molecule has 1 aromatic carbocycles. The summed E-state index contributed by atoms with van der Waals surface area (Å²) in [5.41, 5.74) is 0.572. The van der Waals surface area contributed by atoms with Gasteiger partial charge in [-0.3, -0.25) is 0 Å². The summed E-state index contributed by atoms with van der Waals surface area (Å²) in [5, 5.41) is 2.95. The molecule has 0 amide bonds. The second-order valence-electron chi connectivity index (χ2n) is 2.89. The Balaban J connectivity index is 3.04. The summed E-state index contributed by atoms with van der Waals surface area (Å²) in [7, 11) is 3.27. The van der Waals surface area contributed by atoms with Gasteiger partial charge in [0.1, 0.15) is 11.6 Å². The number of hydrogen-bond acceptors (Lipinski definition) is 2. The molecule has 0 fully saturated rings. The van der Waals surface area contributed by atoms with Crippen LogP contribution >= 0.6 is 0 Å². The fourth-order valence-corrected chi connectivity index (χ4v) is 1.29. The van der Waals surface area contributed by atoms with Gasteiger partial charge in [-0.25, -0.2) is 4.39 Å². The third kappa shape index (κ3) is 2.12. The van der Waals surface area contributed by atoms with Crippen molar-refractivity contribution >= 4 is 0 Å². The number of ether oxygens (including phenoxy) is 1. The standard InChI is InChI=1S/C11H14FNO/c1-4-11(13-2)9-6-5-8(14-3)7-10(9)12/h4-7,11,13H,1H2,2-3H3. The molecule has 0 aliphatic heterocycles. The topological polar surface area (TPSA) is 21.3 Å². The van der Waals surface area contributed by atoms with Gasteiger partial charge in [0.2, 0.25) is 0 Å². The van der Waals surface area contributed by atoms with E-state index in [-0.39, 0.29) is 11.9 Å². The molecule has 0 bridgehead atoms. The number of likely N-dealkylation sites (N-methyl/N-ethyl adjacent to an activating group) is 1. The molecule has 0 aromatic heterocycles. The molecule has 0 aliphatic rings. The van der Waals surface area contributed by atoms with Gasteiger partial charge in [0.25, 0.3) is 0 Å². The minimum atomic E-state index is -0.288. The number of rotatable bonds is 4. The third-order valence-corrected chi connectivity index (χ3v) is 2.09. The Labute approximate surface area is 83.4 Å². The molecule has 2 nitrogen and oxygen atoms in total. The summed E-state index contributed by atoms with van der Waals surface area (Å²) in [6, 6.07) is 4.62. The minimum absolute atomic E-state index is 0.166. The highest BCUT2D eigenvalue weighted by atomic mass is 19.1. The SMILES string of the molecule is C=CC(NC)c1ccc(OC)cc1F. The second kappa shape index (κ2) is 4.77. The van der Waals surface area contributed by atoms with E-state index in [0.717, 1.165) is 0 Å². The average molecular weight is 195 g/mol. The van der Waals surface area contributed by atoms with E-state index >= 15 is 0 Å². The lowest BCUT2D eigenvalue weighted by Gasteiger charge is -2.13. The van der Waals surface area contributed by atoms with Crippen LogP contribution in [0.25, 0.3) is 0 Å². The lowest BCUT2D eigenvalue weighted by Crippen LogP contribution is -2.14.